The number of nitrogens with zero attached hydrogens (tertiary/aromatic N) is 4. The average molecular weight is 296 g/mol. The van der Waals surface area contributed by atoms with Crippen LogP contribution in [0.25, 0.3) is 0 Å². The van der Waals surface area contributed by atoms with Crippen LogP contribution >= 0.6 is 11.5 Å². The summed E-state index contributed by atoms with van der Waals surface area (Å²) in [5.41, 5.74) is 0. The van der Waals surface area contributed by atoms with Gasteiger partial charge in [-0.25, -0.2) is 4.98 Å². The molecule has 6 heteroatoms. The van der Waals surface area contributed by atoms with Crippen LogP contribution in [0, 0.1) is 0 Å². The zero-order chi connectivity index (χ0) is 14.4. The minimum absolute atomic E-state index is 0.243. The Morgan fingerprint density at radius 2 is 2.15 bits per heavy atom. The van der Waals surface area contributed by atoms with E-state index in [0.29, 0.717) is 0 Å². The quantitative estimate of drug-likeness (QED) is 0.774. The number of allylic oxidation sites excluding steroid dienone is 1. The molecule has 0 aromatic carbocycles. The molecule has 1 saturated heterocycles. The minimum atomic E-state index is -0.243. The third-order valence-electron chi connectivity index (χ3n) is 3.59. The molecule has 1 N–H and O–H groups in total. The lowest BCUT2D eigenvalue weighted by atomic mass is 10.2. The molecule has 2 rings (SSSR count). The normalized spacial score (nSPS) is 18.2. The zero-order valence-corrected chi connectivity index (χ0v) is 13.0. The molecule has 1 aromatic rings. The maximum Gasteiger partial charge on any atom is 0.205 e. The highest BCUT2D eigenvalue weighted by Crippen LogP contribution is 2.19. The fraction of sp³-hybridized carbons (Fsp3) is 0.714. The van der Waals surface area contributed by atoms with Crippen LogP contribution in [0.1, 0.15) is 25.6 Å². The van der Waals surface area contributed by atoms with E-state index in [0.717, 1.165) is 62.9 Å². The van der Waals surface area contributed by atoms with Gasteiger partial charge in [0.15, 0.2) is 0 Å². The predicted molar refractivity (Wildman–Crippen MR) is 83.4 cm³/mol. The third kappa shape index (κ3) is 4.26. The van der Waals surface area contributed by atoms with Crippen molar-refractivity contribution in [1.82, 2.24) is 14.3 Å². The highest BCUT2D eigenvalue weighted by molar-refractivity contribution is 7.09. The summed E-state index contributed by atoms with van der Waals surface area (Å²) in [5, 5.41) is 11.0. The van der Waals surface area contributed by atoms with Crippen molar-refractivity contribution in [2.75, 3.05) is 37.6 Å². The van der Waals surface area contributed by atoms with E-state index in [9.17, 15) is 5.11 Å². The molecular formula is C14H24N4OS. The summed E-state index contributed by atoms with van der Waals surface area (Å²) < 4.78 is 4.34. The Morgan fingerprint density at radius 3 is 2.75 bits per heavy atom. The summed E-state index contributed by atoms with van der Waals surface area (Å²) in [4.78, 5) is 9.15. The molecule has 112 valence electrons. The lowest BCUT2D eigenvalue weighted by molar-refractivity contribution is 0.103. The number of aliphatic hydroxyl groups is 1. The summed E-state index contributed by atoms with van der Waals surface area (Å²) in [5.74, 6) is 0.937. The Morgan fingerprint density at radius 1 is 1.40 bits per heavy atom. The van der Waals surface area contributed by atoms with Crippen molar-refractivity contribution in [3.05, 3.63) is 18.5 Å². The van der Waals surface area contributed by atoms with Crippen molar-refractivity contribution in [3.63, 3.8) is 0 Å². The number of anilines is 1. The van der Waals surface area contributed by atoms with E-state index in [1.165, 1.54) is 11.5 Å². The summed E-state index contributed by atoms with van der Waals surface area (Å²) in [6.45, 7) is 10.4. The maximum absolute atomic E-state index is 9.93. The van der Waals surface area contributed by atoms with Crippen LogP contribution in [0.2, 0.25) is 0 Å². The van der Waals surface area contributed by atoms with Crippen LogP contribution < -0.4 is 4.90 Å². The molecular weight excluding hydrogens is 272 g/mol. The fourth-order valence-corrected chi connectivity index (χ4v) is 3.14. The van der Waals surface area contributed by atoms with Gasteiger partial charge in [-0.3, -0.25) is 4.90 Å². The van der Waals surface area contributed by atoms with E-state index < -0.39 is 0 Å². The van der Waals surface area contributed by atoms with Crippen molar-refractivity contribution in [3.8, 4) is 0 Å². The van der Waals surface area contributed by atoms with Gasteiger partial charge in [-0.2, -0.15) is 4.37 Å². The molecule has 1 atom stereocenters. The highest BCUT2D eigenvalue weighted by atomic mass is 32.1. The van der Waals surface area contributed by atoms with E-state index in [-0.39, 0.29) is 6.10 Å². The van der Waals surface area contributed by atoms with E-state index >= 15 is 0 Å². The van der Waals surface area contributed by atoms with Crippen LogP contribution in [0.3, 0.4) is 0 Å². The monoisotopic (exact) mass is 296 g/mol. The van der Waals surface area contributed by atoms with Gasteiger partial charge in [0, 0.05) is 50.7 Å². The molecule has 0 saturated carbocycles. The van der Waals surface area contributed by atoms with Gasteiger partial charge < -0.3 is 10.0 Å². The number of hydrogen-bond donors (Lipinski definition) is 1. The van der Waals surface area contributed by atoms with Crippen molar-refractivity contribution in [2.45, 2.75) is 32.3 Å². The van der Waals surface area contributed by atoms with Gasteiger partial charge in [-0.1, -0.05) is 13.0 Å². The Balaban J connectivity index is 1.75. The van der Waals surface area contributed by atoms with Gasteiger partial charge in [-0.05, 0) is 12.8 Å². The van der Waals surface area contributed by atoms with Crippen LogP contribution in [-0.2, 0) is 6.42 Å². The minimum Gasteiger partial charge on any atom is -0.392 e. The standard InChI is InChI=1S/C14H24N4OS/c1-3-5-6-12(19)11-17-7-9-18(10-8-17)14-15-13(4-2)16-20-14/h3,12,19H,1,4-11H2,2H3. The Labute approximate surface area is 125 Å². The molecule has 0 radical (unpaired) electrons. The molecule has 1 fully saturated rings. The molecule has 0 amide bonds. The first kappa shape index (κ1) is 15.4. The molecule has 1 aliphatic rings. The van der Waals surface area contributed by atoms with Crippen molar-refractivity contribution in [1.29, 1.82) is 0 Å². The molecule has 0 aliphatic carbocycles. The first-order chi connectivity index (χ1) is 9.72. The number of aromatic nitrogens is 2. The number of piperazine rings is 1. The van der Waals surface area contributed by atoms with Gasteiger partial charge in [0.25, 0.3) is 0 Å². The van der Waals surface area contributed by atoms with Gasteiger partial charge in [-0.15, -0.1) is 6.58 Å². The topological polar surface area (TPSA) is 52.5 Å². The van der Waals surface area contributed by atoms with Crippen LogP contribution in [0.5, 0.6) is 0 Å². The lowest BCUT2D eigenvalue weighted by Crippen LogP contribution is -2.48. The van der Waals surface area contributed by atoms with E-state index in [1.807, 2.05) is 6.08 Å². The smallest absolute Gasteiger partial charge is 0.205 e. The number of hydrogen-bond acceptors (Lipinski definition) is 6. The first-order valence-electron chi connectivity index (χ1n) is 7.31. The molecule has 1 aromatic heterocycles. The average Bonchev–Trinajstić information content (AvgIpc) is 2.95. The number of rotatable bonds is 7. The van der Waals surface area contributed by atoms with E-state index in [1.54, 1.807) is 0 Å². The molecule has 1 aliphatic heterocycles. The predicted octanol–water partition coefficient (Wildman–Crippen LogP) is 1.55. The van der Waals surface area contributed by atoms with Crippen molar-refractivity contribution < 1.29 is 5.11 Å². The van der Waals surface area contributed by atoms with E-state index in [4.69, 9.17) is 0 Å². The fourth-order valence-electron chi connectivity index (χ4n) is 2.34. The third-order valence-corrected chi connectivity index (χ3v) is 4.40. The Bertz CT molecular complexity index is 415. The van der Waals surface area contributed by atoms with Crippen molar-refractivity contribution in [2.24, 2.45) is 0 Å². The van der Waals surface area contributed by atoms with Gasteiger partial charge in [0.1, 0.15) is 5.82 Å². The number of aliphatic hydroxyl groups excluding tert-OH is 1. The van der Waals surface area contributed by atoms with Crippen LogP contribution in [0.4, 0.5) is 5.13 Å². The second-order valence-electron chi connectivity index (χ2n) is 5.15. The largest absolute Gasteiger partial charge is 0.392 e. The summed E-state index contributed by atoms with van der Waals surface area (Å²) in [7, 11) is 0. The molecule has 2 heterocycles. The van der Waals surface area contributed by atoms with Crippen LogP contribution in [0.15, 0.2) is 12.7 Å². The number of aryl methyl sites for hydroxylation is 1. The zero-order valence-electron chi connectivity index (χ0n) is 12.2. The summed E-state index contributed by atoms with van der Waals surface area (Å²) in [6.07, 6.45) is 4.20. The van der Waals surface area contributed by atoms with Crippen molar-refractivity contribution >= 4 is 16.7 Å². The second-order valence-corrected chi connectivity index (χ2v) is 5.88. The molecule has 0 bridgehead atoms. The Kier molecular flexibility index (Phi) is 5.94. The molecule has 5 nitrogen and oxygen atoms in total. The molecule has 1 unspecified atom stereocenters. The summed E-state index contributed by atoms with van der Waals surface area (Å²) in [6, 6.07) is 0. The second kappa shape index (κ2) is 7.71. The van der Waals surface area contributed by atoms with Crippen LogP contribution in [-0.4, -0.2) is 58.2 Å². The Hall–Kier alpha value is -0.980. The lowest BCUT2D eigenvalue weighted by Gasteiger charge is -2.35. The first-order valence-corrected chi connectivity index (χ1v) is 8.09. The van der Waals surface area contributed by atoms with Gasteiger partial charge in [0.05, 0.1) is 6.10 Å². The number of β-amino-alcohol motifs (C(OH)–C–C–N with tert-alkyl or cyclic N) is 1. The molecule has 20 heavy (non-hydrogen) atoms. The highest BCUT2D eigenvalue weighted by Gasteiger charge is 2.21. The van der Waals surface area contributed by atoms with Gasteiger partial charge >= 0.3 is 0 Å². The summed E-state index contributed by atoms with van der Waals surface area (Å²) >= 11 is 1.49. The maximum atomic E-state index is 9.93. The molecule has 0 spiro atoms. The van der Waals surface area contributed by atoms with Gasteiger partial charge in [0.2, 0.25) is 5.13 Å². The van der Waals surface area contributed by atoms with E-state index in [2.05, 4.69) is 32.7 Å². The SMILES string of the molecule is C=CCCC(O)CN1CCN(c2nc(CC)ns2)CC1.